The first kappa shape index (κ1) is 7.76. The van der Waals surface area contributed by atoms with E-state index in [1.807, 2.05) is 20.0 Å². The highest BCUT2D eigenvalue weighted by Crippen LogP contribution is 2.01. The van der Waals surface area contributed by atoms with E-state index in [9.17, 15) is 0 Å². The van der Waals surface area contributed by atoms with Gasteiger partial charge in [0.1, 0.15) is 11.9 Å². The summed E-state index contributed by atoms with van der Waals surface area (Å²) in [6.45, 7) is 2.51. The van der Waals surface area contributed by atoms with Gasteiger partial charge in [-0.1, -0.05) is 0 Å². The highest BCUT2D eigenvalue weighted by atomic mass is 15.0. The summed E-state index contributed by atoms with van der Waals surface area (Å²) in [6.07, 6.45) is 0. The molecule has 0 spiro atoms. The second-order valence-electron chi connectivity index (χ2n) is 2.30. The lowest BCUT2D eigenvalue weighted by molar-refractivity contribution is 0.770. The standard InChI is InChI=1S/C7H10N4/c1-5-6(3-8)11-7(10-5)4-9-2/h9H,4H2,1-2H3,(H,10,11). The van der Waals surface area contributed by atoms with Gasteiger partial charge in [0.25, 0.3) is 0 Å². The first-order chi connectivity index (χ1) is 5.27. The van der Waals surface area contributed by atoms with Crippen molar-refractivity contribution in [3.8, 4) is 6.07 Å². The monoisotopic (exact) mass is 150 g/mol. The lowest BCUT2D eigenvalue weighted by Crippen LogP contribution is -2.06. The largest absolute Gasteiger partial charge is 0.344 e. The van der Waals surface area contributed by atoms with Crippen LogP contribution in [0.1, 0.15) is 17.2 Å². The minimum atomic E-state index is 0.482. The summed E-state index contributed by atoms with van der Waals surface area (Å²) >= 11 is 0. The number of aryl methyl sites for hydroxylation is 1. The zero-order chi connectivity index (χ0) is 8.27. The van der Waals surface area contributed by atoms with E-state index in [2.05, 4.69) is 15.3 Å². The van der Waals surface area contributed by atoms with Crippen molar-refractivity contribution in [2.75, 3.05) is 7.05 Å². The van der Waals surface area contributed by atoms with Crippen LogP contribution in [0.25, 0.3) is 0 Å². The molecule has 1 heterocycles. The molecule has 1 rings (SSSR count). The van der Waals surface area contributed by atoms with Crippen LogP contribution in [0.2, 0.25) is 0 Å². The number of imidazole rings is 1. The van der Waals surface area contributed by atoms with Gasteiger partial charge >= 0.3 is 0 Å². The van der Waals surface area contributed by atoms with Gasteiger partial charge in [-0.05, 0) is 14.0 Å². The molecule has 0 unspecified atom stereocenters. The van der Waals surface area contributed by atoms with Gasteiger partial charge in [-0.3, -0.25) is 0 Å². The highest BCUT2D eigenvalue weighted by Gasteiger charge is 2.03. The molecule has 58 valence electrons. The predicted octanol–water partition coefficient (Wildman–Crippen LogP) is 0.309. The zero-order valence-corrected chi connectivity index (χ0v) is 6.60. The number of aromatic amines is 1. The first-order valence-corrected chi connectivity index (χ1v) is 3.38. The van der Waals surface area contributed by atoms with Crippen molar-refractivity contribution in [3.05, 3.63) is 17.2 Å². The summed E-state index contributed by atoms with van der Waals surface area (Å²) in [5.74, 6) is 0.807. The van der Waals surface area contributed by atoms with E-state index in [0.29, 0.717) is 12.2 Å². The Morgan fingerprint density at radius 2 is 2.45 bits per heavy atom. The molecule has 0 aliphatic rings. The van der Waals surface area contributed by atoms with E-state index in [1.165, 1.54) is 0 Å². The molecule has 0 fully saturated rings. The van der Waals surface area contributed by atoms with Crippen LogP contribution in [0.4, 0.5) is 0 Å². The number of hydrogen-bond donors (Lipinski definition) is 2. The van der Waals surface area contributed by atoms with Crippen LogP contribution in [-0.2, 0) is 6.54 Å². The molecule has 1 aromatic rings. The van der Waals surface area contributed by atoms with E-state index < -0.39 is 0 Å². The van der Waals surface area contributed by atoms with Crippen LogP contribution < -0.4 is 5.32 Å². The smallest absolute Gasteiger partial charge is 0.161 e. The van der Waals surface area contributed by atoms with Crippen molar-refractivity contribution in [2.45, 2.75) is 13.5 Å². The number of H-pyrrole nitrogens is 1. The van der Waals surface area contributed by atoms with Crippen LogP contribution in [0.3, 0.4) is 0 Å². The molecule has 2 N–H and O–H groups in total. The lowest BCUT2D eigenvalue weighted by atomic mass is 10.4. The Morgan fingerprint density at radius 3 is 2.91 bits per heavy atom. The molecule has 0 amide bonds. The Hall–Kier alpha value is -1.34. The molecular weight excluding hydrogens is 140 g/mol. The van der Waals surface area contributed by atoms with Crippen LogP contribution >= 0.6 is 0 Å². The van der Waals surface area contributed by atoms with Gasteiger partial charge < -0.3 is 10.3 Å². The minimum Gasteiger partial charge on any atom is -0.344 e. The summed E-state index contributed by atoms with van der Waals surface area (Å²) in [5, 5.41) is 11.5. The van der Waals surface area contributed by atoms with Gasteiger partial charge in [0.15, 0.2) is 5.69 Å². The number of nitrogens with zero attached hydrogens (tertiary/aromatic N) is 2. The second kappa shape index (κ2) is 3.17. The summed E-state index contributed by atoms with van der Waals surface area (Å²) in [4.78, 5) is 7.04. The molecule has 0 aliphatic carbocycles. The first-order valence-electron chi connectivity index (χ1n) is 3.38. The third-order valence-corrected chi connectivity index (χ3v) is 1.38. The quantitative estimate of drug-likeness (QED) is 0.637. The normalized spacial score (nSPS) is 9.55. The van der Waals surface area contributed by atoms with E-state index in [1.54, 1.807) is 0 Å². The van der Waals surface area contributed by atoms with Crippen LogP contribution in [0, 0.1) is 18.3 Å². The Labute approximate surface area is 65.3 Å². The van der Waals surface area contributed by atoms with Gasteiger partial charge in [0, 0.05) is 5.69 Å². The van der Waals surface area contributed by atoms with Crippen molar-refractivity contribution in [1.29, 1.82) is 5.26 Å². The summed E-state index contributed by atoms with van der Waals surface area (Å²) in [5.41, 5.74) is 1.31. The summed E-state index contributed by atoms with van der Waals surface area (Å²) < 4.78 is 0. The maximum absolute atomic E-state index is 8.55. The topological polar surface area (TPSA) is 64.5 Å². The molecule has 0 aromatic carbocycles. The molecule has 0 saturated carbocycles. The van der Waals surface area contributed by atoms with Crippen molar-refractivity contribution in [1.82, 2.24) is 15.3 Å². The van der Waals surface area contributed by atoms with Crippen molar-refractivity contribution in [3.63, 3.8) is 0 Å². The summed E-state index contributed by atoms with van der Waals surface area (Å²) in [6, 6.07) is 2.00. The number of hydrogen-bond acceptors (Lipinski definition) is 3. The van der Waals surface area contributed by atoms with E-state index in [0.717, 1.165) is 11.5 Å². The van der Waals surface area contributed by atoms with E-state index in [-0.39, 0.29) is 0 Å². The number of nitrogens with one attached hydrogen (secondary N) is 2. The average molecular weight is 150 g/mol. The Kier molecular flexibility index (Phi) is 2.24. The second-order valence-corrected chi connectivity index (χ2v) is 2.30. The average Bonchev–Trinajstić information content (AvgIpc) is 2.32. The molecule has 0 saturated heterocycles. The molecule has 0 atom stereocenters. The van der Waals surface area contributed by atoms with Crippen LogP contribution in [0.15, 0.2) is 0 Å². The van der Waals surface area contributed by atoms with Gasteiger partial charge in [-0.2, -0.15) is 5.26 Å². The molecule has 11 heavy (non-hydrogen) atoms. The Morgan fingerprint density at radius 1 is 1.73 bits per heavy atom. The van der Waals surface area contributed by atoms with E-state index in [4.69, 9.17) is 5.26 Å². The molecule has 1 aromatic heterocycles. The molecule has 4 nitrogen and oxygen atoms in total. The van der Waals surface area contributed by atoms with Gasteiger partial charge in [0.2, 0.25) is 0 Å². The fourth-order valence-corrected chi connectivity index (χ4v) is 0.882. The number of rotatable bonds is 2. The molecule has 4 heteroatoms. The van der Waals surface area contributed by atoms with Gasteiger partial charge in [-0.15, -0.1) is 0 Å². The van der Waals surface area contributed by atoms with Crippen LogP contribution in [-0.4, -0.2) is 17.0 Å². The van der Waals surface area contributed by atoms with Gasteiger partial charge in [-0.25, -0.2) is 4.98 Å². The minimum absolute atomic E-state index is 0.482. The number of nitriles is 1. The fourth-order valence-electron chi connectivity index (χ4n) is 0.882. The fraction of sp³-hybridized carbons (Fsp3) is 0.429. The number of aromatic nitrogens is 2. The van der Waals surface area contributed by atoms with Crippen molar-refractivity contribution < 1.29 is 0 Å². The third-order valence-electron chi connectivity index (χ3n) is 1.38. The zero-order valence-electron chi connectivity index (χ0n) is 6.60. The maximum atomic E-state index is 8.55. The van der Waals surface area contributed by atoms with Crippen molar-refractivity contribution in [2.24, 2.45) is 0 Å². The SMILES string of the molecule is CNCc1nc(C#N)c(C)[nH]1. The molecule has 0 bridgehead atoms. The predicted molar refractivity (Wildman–Crippen MR) is 40.8 cm³/mol. The maximum Gasteiger partial charge on any atom is 0.161 e. The molecule has 0 aliphatic heterocycles. The van der Waals surface area contributed by atoms with Gasteiger partial charge in [0.05, 0.1) is 6.54 Å². The molecule has 0 radical (unpaired) electrons. The third kappa shape index (κ3) is 1.57. The lowest BCUT2D eigenvalue weighted by Gasteiger charge is -1.90. The Bertz CT molecular complexity index is 281. The van der Waals surface area contributed by atoms with Crippen LogP contribution in [0.5, 0.6) is 0 Å². The highest BCUT2D eigenvalue weighted by molar-refractivity contribution is 5.26. The van der Waals surface area contributed by atoms with E-state index >= 15 is 0 Å². The molecular formula is C7H10N4. The summed E-state index contributed by atoms with van der Waals surface area (Å²) in [7, 11) is 1.84. The Balaban J connectivity index is 2.89. The van der Waals surface area contributed by atoms with Crippen molar-refractivity contribution >= 4 is 0 Å².